The van der Waals surface area contributed by atoms with Gasteiger partial charge in [-0.1, -0.05) is 41.6 Å². The first-order valence-electron chi connectivity index (χ1n) is 8.54. The van der Waals surface area contributed by atoms with Gasteiger partial charge in [0.05, 0.1) is 10.8 Å². The van der Waals surface area contributed by atoms with Crippen LogP contribution < -0.4 is 10.1 Å². The Balaban J connectivity index is 1.58. The highest BCUT2D eigenvalue weighted by Gasteiger charge is 2.14. The van der Waals surface area contributed by atoms with Gasteiger partial charge in [-0.05, 0) is 31.2 Å². The molecule has 0 unspecified atom stereocenters. The van der Waals surface area contributed by atoms with Crippen molar-refractivity contribution >= 4 is 35.0 Å². The van der Waals surface area contributed by atoms with E-state index in [9.17, 15) is 9.18 Å². The van der Waals surface area contributed by atoms with Gasteiger partial charge in [-0.2, -0.15) is 0 Å². The number of carbonyl (C=O) groups is 1. The van der Waals surface area contributed by atoms with Crippen LogP contribution in [0.15, 0.2) is 53.7 Å². The number of nitrogens with zero attached hydrogens (tertiary/aromatic N) is 3. The van der Waals surface area contributed by atoms with Crippen molar-refractivity contribution in [2.75, 3.05) is 11.1 Å². The van der Waals surface area contributed by atoms with E-state index in [1.165, 1.54) is 30.0 Å². The predicted octanol–water partition coefficient (Wildman–Crippen LogP) is 4.40. The van der Waals surface area contributed by atoms with Crippen LogP contribution in [-0.2, 0) is 17.9 Å². The average molecular weight is 421 g/mol. The molecule has 0 fully saturated rings. The fourth-order valence-corrected chi connectivity index (χ4v) is 3.41. The highest BCUT2D eigenvalue weighted by atomic mass is 35.5. The predicted molar refractivity (Wildman–Crippen MR) is 107 cm³/mol. The smallest absolute Gasteiger partial charge is 0.234 e. The summed E-state index contributed by atoms with van der Waals surface area (Å²) in [6.45, 7) is 2.73. The number of rotatable bonds is 8. The molecule has 0 spiro atoms. The zero-order chi connectivity index (χ0) is 19.9. The number of benzene rings is 2. The van der Waals surface area contributed by atoms with Gasteiger partial charge in [0, 0.05) is 18.3 Å². The third-order valence-corrected chi connectivity index (χ3v) is 5.01. The van der Waals surface area contributed by atoms with Crippen LogP contribution in [0.1, 0.15) is 12.7 Å². The molecule has 0 saturated heterocycles. The minimum atomic E-state index is -0.502. The van der Waals surface area contributed by atoms with Crippen LogP contribution in [0.3, 0.4) is 0 Å². The summed E-state index contributed by atoms with van der Waals surface area (Å²) in [7, 11) is 0. The van der Waals surface area contributed by atoms with E-state index in [1.54, 1.807) is 0 Å². The summed E-state index contributed by atoms with van der Waals surface area (Å²) < 4.78 is 20.7. The summed E-state index contributed by atoms with van der Waals surface area (Å²) in [5.74, 6) is 0.628. The normalized spacial score (nSPS) is 10.7. The second-order valence-corrected chi connectivity index (χ2v) is 7.06. The van der Waals surface area contributed by atoms with Gasteiger partial charge in [0.2, 0.25) is 5.91 Å². The van der Waals surface area contributed by atoms with Gasteiger partial charge < -0.3 is 14.6 Å². The number of hydrogen-bond acceptors (Lipinski definition) is 5. The zero-order valence-corrected chi connectivity index (χ0v) is 16.6. The van der Waals surface area contributed by atoms with Crippen molar-refractivity contribution in [2.45, 2.75) is 25.2 Å². The summed E-state index contributed by atoms with van der Waals surface area (Å²) in [4.78, 5) is 12.1. The van der Waals surface area contributed by atoms with Crippen molar-refractivity contribution in [2.24, 2.45) is 0 Å². The van der Waals surface area contributed by atoms with Crippen molar-refractivity contribution < 1.29 is 13.9 Å². The largest absolute Gasteiger partial charge is 0.486 e. The molecule has 0 aliphatic carbocycles. The molecule has 3 aromatic rings. The lowest BCUT2D eigenvalue weighted by Gasteiger charge is -2.09. The maximum absolute atomic E-state index is 13.2. The van der Waals surface area contributed by atoms with E-state index in [1.807, 2.05) is 41.8 Å². The van der Waals surface area contributed by atoms with E-state index in [2.05, 4.69) is 15.5 Å². The van der Waals surface area contributed by atoms with Gasteiger partial charge in [-0.25, -0.2) is 4.39 Å². The van der Waals surface area contributed by atoms with Crippen molar-refractivity contribution in [3.63, 3.8) is 0 Å². The van der Waals surface area contributed by atoms with Crippen molar-refractivity contribution in [3.05, 3.63) is 65.2 Å². The number of hydrogen-bond donors (Lipinski definition) is 1. The Morgan fingerprint density at radius 1 is 1.25 bits per heavy atom. The number of carbonyl (C=O) groups excluding carboxylic acids is 1. The minimum absolute atomic E-state index is 0.00451. The Kier molecular flexibility index (Phi) is 6.89. The van der Waals surface area contributed by atoms with Gasteiger partial charge in [0.25, 0.3) is 0 Å². The van der Waals surface area contributed by atoms with Crippen LogP contribution in [0.4, 0.5) is 10.1 Å². The van der Waals surface area contributed by atoms with Gasteiger partial charge in [0.15, 0.2) is 11.0 Å². The molecule has 0 aliphatic heterocycles. The third kappa shape index (κ3) is 5.24. The zero-order valence-electron chi connectivity index (χ0n) is 15.1. The van der Waals surface area contributed by atoms with E-state index < -0.39 is 5.82 Å². The highest BCUT2D eigenvalue weighted by molar-refractivity contribution is 7.99. The fraction of sp³-hybridized carbons (Fsp3) is 0.211. The lowest BCUT2D eigenvalue weighted by Crippen LogP contribution is -2.14. The number of halogens is 2. The van der Waals surface area contributed by atoms with Crippen LogP contribution >= 0.6 is 23.4 Å². The van der Waals surface area contributed by atoms with Crippen molar-refractivity contribution in [1.29, 1.82) is 0 Å². The molecule has 0 aliphatic rings. The summed E-state index contributed by atoms with van der Waals surface area (Å²) in [6, 6.07) is 13.4. The molecule has 1 heterocycles. The Bertz CT molecular complexity index is 952. The Labute approximate surface area is 171 Å². The van der Waals surface area contributed by atoms with E-state index in [0.29, 0.717) is 23.3 Å². The molecule has 3 rings (SSSR count). The van der Waals surface area contributed by atoms with Gasteiger partial charge in [-0.15, -0.1) is 10.2 Å². The monoisotopic (exact) mass is 420 g/mol. The quantitative estimate of drug-likeness (QED) is 0.547. The molecular weight excluding hydrogens is 403 g/mol. The molecule has 6 nitrogen and oxygen atoms in total. The van der Waals surface area contributed by atoms with Crippen LogP contribution in [0, 0.1) is 5.82 Å². The SMILES string of the molecule is CCn1c(COc2ccc(F)c(Cl)c2)nnc1SCC(=O)Nc1ccccc1. The molecule has 28 heavy (non-hydrogen) atoms. The molecule has 146 valence electrons. The number of ether oxygens (including phenoxy) is 1. The first-order chi connectivity index (χ1) is 13.6. The number of nitrogens with one attached hydrogen (secondary N) is 1. The van der Waals surface area contributed by atoms with Crippen LogP contribution in [0.2, 0.25) is 5.02 Å². The van der Waals surface area contributed by atoms with Gasteiger partial charge >= 0.3 is 0 Å². The second kappa shape index (κ2) is 9.57. The molecular formula is C19H18ClFN4O2S. The lowest BCUT2D eigenvalue weighted by molar-refractivity contribution is -0.113. The number of aromatic nitrogens is 3. The maximum atomic E-state index is 13.2. The summed E-state index contributed by atoms with van der Waals surface area (Å²) in [5, 5.41) is 11.7. The molecule has 0 atom stereocenters. The molecule has 1 N–H and O–H groups in total. The van der Waals surface area contributed by atoms with Crippen LogP contribution in [0.5, 0.6) is 5.75 Å². The summed E-state index contributed by atoms with van der Waals surface area (Å²) in [5.41, 5.74) is 0.747. The van der Waals surface area contributed by atoms with E-state index in [0.717, 1.165) is 5.69 Å². The maximum Gasteiger partial charge on any atom is 0.234 e. The van der Waals surface area contributed by atoms with E-state index in [4.69, 9.17) is 16.3 Å². The minimum Gasteiger partial charge on any atom is -0.486 e. The van der Waals surface area contributed by atoms with Gasteiger partial charge in [0.1, 0.15) is 18.2 Å². The average Bonchev–Trinajstić information content (AvgIpc) is 3.10. The molecule has 1 amide bonds. The van der Waals surface area contributed by atoms with Crippen molar-refractivity contribution in [3.8, 4) is 5.75 Å². The fourth-order valence-electron chi connectivity index (χ4n) is 2.41. The molecule has 1 aromatic heterocycles. The van der Waals surface area contributed by atoms with Gasteiger partial charge in [-0.3, -0.25) is 4.79 Å². The lowest BCUT2D eigenvalue weighted by atomic mass is 10.3. The molecule has 0 bridgehead atoms. The Hall–Kier alpha value is -2.58. The van der Waals surface area contributed by atoms with E-state index >= 15 is 0 Å². The number of thioether (sulfide) groups is 1. The number of amides is 1. The second-order valence-electron chi connectivity index (χ2n) is 5.71. The molecule has 9 heteroatoms. The Morgan fingerprint density at radius 3 is 2.75 bits per heavy atom. The third-order valence-electron chi connectivity index (χ3n) is 3.76. The van der Waals surface area contributed by atoms with Crippen molar-refractivity contribution in [1.82, 2.24) is 14.8 Å². The number of anilines is 1. The molecule has 0 saturated carbocycles. The Morgan fingerprint density at radius 2 is 2.04 bits per heavy atom. The molecule has 0 radical (unpaired) electrons. The summed E-state index contributed by atoms with van der Waals surface area (Å²) >= 11 is 7.05. The molecule has 2 aromatic carbocycles. The highest BCUT2D eigenvalue weighted by Crippen LogP contribution is 2.23. The number of para-hydroxylation sites is 1. The summed E-state index contributed by atoms with van der Waals surface area (Å²) in [6.07, 6.45) is 0. The first kappa shape index (κ1) is 20.2. The van der Waals surface area contributed by atoms with E-state index in [-0.39, 0.29) is 23.3 Å². The van der Waals surface area contributed by atoms with Crippen LogP contribution in [0.25, 0.3) is 0 Å². The van der Waals surface area contributed by atoms with Crippen LogP contribution in [-0.4, -0.2) is 26.4 Å². The topological polar surface area (TPSA) is 69.0 Å². The first-order valence-corrected chi connectivity index (χ1v) is 9.90. The standard InChI is InChI=1S/C19H18ClFN4O2S/c1-2-25-17(11-27-14-8-9-16(21)15(20)10-14)23-24-19(25)28-12-18(26)22-13-6-4-3-5-7-13/h3-10H,2,11-12H2,1H3,(H,22,26).